The number of phenolic OH excluding ortho intramolecular Hbond substituents is 1. The molecule has 3 aromatic carbocycles. The second-order valence-corrected chi connectivity index (χ2v) is 5.82. The maximum absolute atomic E-state index is 12.2. The van der Waals surface area contributed by atoms with Gasteiger partial charge in [-0.2, -0.15) is 0 Å². The molecule has 2 N–H and O–H groups in total. The van der Waals surface area contributed by atoms with Crippen molar-refractivity contribution in [2.75, 3.05) is 7.11 Å². The van der Waals surface area contributed by atoms with Gasteiger partial charge in [-0.05, 0) is 22.9 Å². The summed E-state index contributed by atoms with van der Waals surface area (Å²) in [6.45, 7) is 1.80. The third-order valence-corrected chi connectivity index (χ3v) is 4.31. The predicted molar refractivity (Wildman–Crippen MR) is 98.9 cm³/mol. The number of rotatable bonds is 5. The van der Waals surface area contributed by atoms with Gasteiger partial charge in [-0.25, -0.2) is 0 Å². The van der Waals surface area contributed by atoms with Gasteiger partial charge in [-0.3, -0.25) is 4.79 Å². The normalized spacial score (nSPS) is 11.9. The van der Waals surface area contributed by atoms with Crippen LogP contribution < -0.4 is 10.1 Å². The number of phenols is 1. The third kappa shape index (κ3) is 3.29. The Morgan fingerprint density at radius 2 is 1.80 bits per heavy atom. The monoisotopic (exact) mass is 335 g/mol. The Morgan fingerprint density at radius 3 is 2.56 bits per heavy atom. The van der Waals surface area contributed by atoms with E-state index >= 15 is 0 Å². The molecule has 0 unspecified atom stereocenters. The minimum atomic E-state index is -0.505. The molecule has 0 aliphatic heterocycles. The van der Waals surface area contributed by atoms with Crippen molar-refractivity contribution in [2.24, 2.45) is 0 Å². The van der Waals surface area contributed by atoms with Crippen LogP contribution in [0.4, 0.5) is 0 Å². The van der Waals surface area contributed by atoms with Crippen molar-refractivity contribution in [3.8, 4) is 11.5 Å². The van der Waals surface area contributed by atoms with Crippen LogP contribution in [0.15, 0.2) is 60.7 Å². The van der Waals surface area contributed by atoms with Crippen molar-refractivity contribution in [3.63, 3.8) is 0 Å². The number of benzene rings is 3. The largest absolute Gasteiger partial charge is 0.508 e. The topological polar surface area (TPSA) is 58.6 Å². The number of ether oxygens (including phenoxy) is 1. The highest BCUT2D eigenvalue weighted by Crippen LogP contribution is 2.38. The summed E-state index contributed by atoms with van der Waals surface area (Å²) in [5, 5.41) is 15.5. The van der Waals surface area contributed by atoms with Crippen LogP contribution in [0.5, 0.6) is 11.5 Å². The zero-order valence-electron chi connectivity index (χ0n) is 14.3. The van der Waals surface area contributed by atoms with Gasteiger partial charge in [0.25, 0.3) is 0 Å². The fraction of sp³-hybridized carbons (Fsp3) is 0.190. The molecule has 1 amide bonds. The molecule has 1 atom stereocenters. The summed E-state index contributed by atoms with van der Waals surface area (Å²) >= 11 is 0. The van der Waals surface area contributed by atoms with Gasteiger partial charge in [-0.15, -0.1) is 0 Å². The molecule has 0 spiro atoms. The van der Waals surface area contributed by atoms with Gasteiger partial charge in [0, 0.05) is 17.5 Å². The Labute approximate surface area is 147 Å². The fourth-order valence-electron chi connectivity index (χ4n) is 3.06. The van der Waals surface area contributed by atoms with Gasteiger partial charge < -0.3 is 15.2 Å². The molecule has 0 heterocycles. The van der Waals surface area contributed by atoms with Crippen LogP contribution in [0, 0.1) is 0 Å². The van der Waals surface area contributed by atoms with Gasteiger partial charge >= 0.3 is 0 Å². The van der Waals surface area contributed by atoms with E-state index in [9.17, 15) is 9.90 Å². The van der Waals surface area contributed by atoms with Crippen molar-refractivity contribution < 1.29 is 14.6 Å². The van der Waals surface area contributed by atoms with E-state index in [1.54, 1.807) is 20.1 Å². The van der Waals surface area contributed by atoms with Crippen LogP contribution >= 0.6 is 0 Å². The number of amides is 1. The van der Waals surface area contributed by atoms with Crippen LogP contribution in [-0.4, -0.2) is 18.1 Å². The molecule has 0 aliphatic rings. The first-order valence-electron chi connectivity index (χ1n) is 8.28. The van der Waals surface area contributed by atoms with Gasteiger partial charge in [0.2, 0.25) is 5.91 Å². The number of carbonyl (C=O) groups is 1. The number of hydrogen-bond donors (Lipinski definition) is 2. The van der Waals surface area contributed by atoms with Crippen molar-refractivity contribution in [3.05, 3.63) is 71.8 Å². The molecule has 3 rings (SSSR count). The highest BCUT2D eigenvalue weighted by molar-refractivity contribution is 5.89. The van der Waals surface area contributed by atoms with E-state index in [1.807, 2.05) is 54.6 Å². The Balaban J connectivity index is 2.25. The van der Waals surface area contributed by atoms with Crippen LogP contribution in [0.1, 0.15) is 30.5 Å². The van der Waals surface area contributed by atoms with Crippen LogP contribution in [0.2, 0.25) is 0 Å². The Morgan fingerprint density at radius 1 is 1.08 bits per heavy atom. The maximum Gasteiger partial charge on any atom is 0.220 e. The van der Waals surface area contributed by atoms with E-state index in [-0.39, 0.29) is 11.7 Å². The number of para-hydroxylation sites is 1. The van der Waals surface area contributed by atoms with Crippen molar-refractivity contribution >= 4 is 16.7 Å². The van der Waals surface area contributed by atoms with E-state index in [1.165, 1.54) is 0 Å². The minimum Gasteiger partial charge on any atom is -0.508 e. The number of hydrogen-bond acceptors (Lipinski definition) is 3. The smallest absolute Gasteiger partial charge is 0.220 e. The minimum absolute atomic E-state index is 0.0942. The van der Waals surface area contributed by atoms with Crippen LogP contribution in [0.25, 0.3) is 10.8 Å². The lowest BCUT2D eigenvalue weighted by Gasteiger charge is -2.24. The fourth-order valence-corrected chi connectivity index (χ4v) is 3.06. The number of carbonyl (C=O) groups excluding carboxylic acids is 1. The third-order valence-electron chi connectivity index (χ3n) is 4.31. The molecule has 0 saturated heterocycles. The maximum atomic E-state index is 12.2. The van der Waals surface area contributed by atoms with Crippen molar-refractivity contribution in [2.45, 2.75) is 19.4 Å². The van der Waals surface area contributed by atoms with Crippen LogP contribution in [0.3, 0.4) is 0 Å². The molecule has 0 aromatic heterocycles. The first-order chi connectivity index (χ1) is 12.2. The van der Waals surface area contributed by atoms with E-state index < -0.39 is 6.04 Å². The quantitative estimate of drug-likeness (QED) is 0.736. The van der Waals surface area contributed by atoms with Gasteiger partial charge in [0.15, 0.2) is 0 Å². The van der Waals surface area contributed by atoms with E-state index in [0.717, 1.165) is 16.3 Å². The standard InChI is InChI=1S/C21H21NO3/c1-3-19(24)22-21(16-10-6-7-11-18(16)25-2)20-15-9-5-4-8-14(15)12-13-17(20)23/h4-13,21,23H,3H2,1-2H3,(H,22,24)/t21-/m0/s1. The molecule has 4 heteroatoms. The summed E-state index contributed by atoms with van der Waals surface area (Å²) in [4.78, 5) is 12.2. The zero-order valence-corrected chi connectivity index (χ0v) is 14.3. The molecule has 4 nitrogen and oxygen atoms in total. The molecule has 25 heavy (non-hydrogen) atoms. The number of aromatic hydroxyl groups is 1. The van der Waals surface area contributed by atoms with E-state index in [0.29, 0.717) is 17.7 Å². The molecule has 128 valence electrons. The Bertz CT molecular complexity index is 905. The summed E-state index contributed by atoms with van der Waals surface area (Å²) in [7, 11) is 1.60. The van der Waals surface area contributed by atoms with Gasteiger partial charge in [0.1, 0.15) is 11.5 Å². The lowest BCUT2D eigenvalue weighted by molar-refractivity contribution is -0.121. The lowest BCUT2D eigenvalue weighted by Crippen LogP contribution is -2.29. The molecule has 0 saturated carbocycles. The average molecular weight is 335 g/mol. The van der Waals surface area contributed by atoms with Crippen molar-refractivity contribution in [1.29, 1.82) is 0 Å². The number of methoxy groups -OCH3 is 1. The average Bonchev–Trinajstić information content (AvgIpc) is 2.66. The second-order valence-electron chi connectivity index (χ2n) is 5.82. The SMILES string of the molecule is CCC(=O)N[C@@H](c1ccccc1OC)c1c(O)ccc2ccccc12. The Kier molecular flexibility index (Phi) is 4.89. The Hall–Kier alpha value is -3.01. The van der Waals surface area contributed by atoms with Gasteiger partial charge in [-0.1, -0.05) is 55.5 Å². The molecular formula is C21H21NO3. The first kappa shape index (κ1) is 16.8. The van der Waals surface area contributed by atoms with Gasteiger partial charge in [0.05, 0.1) is 13.2 Å². The highest BCUT2D eigenvalue weighted by Gasteiger charge is 2.24. The molecule has 0 bridgehead atoms. The predicted octanol–water partition coefficient (Wildman–Crippen LogP) is 4.17. The van der Waals surface area contributed by atoms with E-state index in [4.69, 9.17) is 4.74 Å². The zero-order chi connectivity index (χ0) is 17.8. The summed E-state index contributed by atoms with van der Waals surface area (Å²) in [6.07, 6.45) is 0.358. The lowest BCUT2D eigenvalue weighted by atomic mass is 9.92. The van der Waals surface area contributed by atoms with E-state index in [2.05, 4.69) is 5.32 Å². The molecule has 0 fully saturated rings. The second kappa shape index (κ2) is 7.26. The number of nitrogens with one attached hydrogen (secondary N) is 1. The van der Waals surface area contributed by atoms with Crippen LogP contribution in [-0.2, 0) is 4.79 Å². The molecular weight excluding hydrogens is 314 g/mol. The molecule has 0 radical (unpaired) electrons. The first-order valence-corrected chi connectivity index (χ1v) is 8.28. The van der Waals surface area contributed by atoms with Crippen molar-refractivity contribution in [1.82, 2.24) is 5.32 Å². The molecule has 0 aliphatic carbocycles. The summed E-state index contributed by atoms with van der Waals surface area (Å²) in [5.74, 6) is 0.713. The highest BCUT2D eigenvalue weighted by atomic mass is 16.5. The summed E-state index contributed by atoms with van der Waals surface area (Å²) in [6, 6.07) is 18.4. The molecule has 3 aromatic rings. The summed E-state index contributed by atoms with van der Waals surface area (Å²) in [5.41, 5.74) is 1.47. The summed E-state index contributed by atoms with van der Waals surface area (Å²) < 4.78 is 5.48. The number of fused-ring (bicyclic) bond motifs is 1.